The summed E-state index contributed by atoms with van der Waals surface area (Å²) in [5.41, 5.74) is 3.84. The Hall–Kier alpha value is 0.0169. The molecule has 0 saturated carbocycles. The molecule has 0 unspecified atom stereocenters. The molecule has 1 aromatic rings. The Morgan fingerprint density at radius 3 is 1.94 bits per heavy atom. The van der Waals surface area contributed by atoms with Crippen molar-refractivity contribution in [1.29, 1.82) is 0 Å². The normalized spacial score (nSPS) is 12.4. The standard InChI is InChI=1S/C15H24Cl2Si/c1-12(2)18(17,13(3)4)10-9-14-7-5-6-8-15(14)11-16/h5-8,12-13H,9-11H2,1-4H3. The smallest absolute Gasteiger partial charge is 0.161 e. The van der Waals surface area contributed by atoms with Gasteiger partial charge in [-0.15, -0.1) is 11.6 Å². The third-order valence-corrected chi connectivity index (χ3v) is 12.3. The van der Waals surface area contributed by atoms with Gasteiger partial charge in [-0.1, -0.05) is 52.0 Å². The predicted octanol–water partition coefficient (Wildman–Crippen LogP) is 5.97. The molecule has 3 heteroatoms. The van der Waals surface area contributed by atoms with E-state index < -0.39 is 7.38 Å². The molecule has 0 saturated heterocycles. The molecule has 1 aromatic carbocycles. The lowest BCUT2D eigenvalue weighted by Crippen LogP contribution is -2.35. The van der Waals surface area contributed by atoms with E-state index in [1.807, 2.05) is 0 Å². The third kappa shape index (κ3) is 3.75. The van der Waals surface area contributed by atoms with Crippen LogP contribution in [0.5, 0.6) is 0 Å². The Bertz CT molecular complexity index is 367. The Morgan fingerprint density at radius 1 is 1.00 bits per heavy atom. The highest BCUT2D eigenvalue weighted by Gasteiger charge is 2.37. The minimum absolute atomic E-state index is 0.594. The molecular weight excluding hydrogens is 279 g/mol. The first-order valence-electron chi connectivity index (χ1n) is 6.73. The van der Waals surface area contributed by atoms with Crippen LogP contribution in [0.4, 0.5) is 0 Å². The SMILES string of the molecule is CC(C)[Si](Cl)(CCc1ccccc1CCl)C(C)C. The van der Waals surface area contributed by atoms with Crippen molar-refractivity contribution < 1.29 is 0 Å². The molecule has 0 aliphatic carbocycles. The molecule has 0 nitrogen and oxygen atoms in total. The van der Waals surface area contributed by atoms with E-state index in [0.29, 0.717) is 17.0 Å². The van der Waals surface area contributed by atoms with E-state index in [2.05, 4.69) is 52.0 Å². The summed E-state index contributed by atoms with van der Waals surface area (Å²) in [5, 5.41) is 0. The van der Waals surface area contributed by atoms with E-state index in [0.717, 1.165) is 12.5 Å². The molecule has 0 aliphatic rings. The molecule has 18 heavy (non-hydrogen) atoms. The highest BCUT2D eigenvalue weighted by atomic mass is 35.6. The van der Waals surface area contributed by atoms with Gasteiger partial charge in [0.2, 0.25) is 0 Å². The summed E-state index contributed by atoms with van der Waals surface area (Å²) in [5.74, 6) is 0.594. The van der Waals surface area contributed by atoms with Gasteiger partial charge in [0.15, 0.2) is 7.38 Å². The van der Waals surface area contributed by atoms with Crippen LogP contribution in [0.1, 0.15) is 38.8 Å². The Morgan fingerprint density at radius 2 is 1.50 bits per heavy atom. The zero-order valence-corrected chi connectivity index (χ0v) is 14.4. The van der Waals surface area contributed by atoms with Gasteiger partial charge < -0.3 is 0 Å². The molecule has 0 fully saturated rings. The van der Waals surface area contributed by atoms with E-state index in [4.69, 9.17) is 22.7 Å². The first-order valence-corrected chi connectivity index (χ1v) is 10.6. The second-order valence-corrected chi connectivity index (χ2v) is 12.7. The van der Waals surface area contributed by atoms with Crippen molar-refractivity contribution in [2.24, 2.45) is 0 Å². The van der Waals surface area contributed by atoms with E-state index in [1.54, 1.807) is 0 Å². The molecule has 102 valence electrons. The largest absolute Gasteiger partial charge is 0.166 e. The Kier molecular flexibility index (Phi) is 6.23. The van der Waals surface area contributed by atoms with Crippen LogP contribution in [0.3, 0.4) is 0 Å². The average molecular weight is 303 g/mol. The fraction of sp³-hybridized carbons (Fsp3) is 0.600. The molecule has 0 aromatic heterocycles. The van der Waals surface area contributed by atoms with Crippen molar-refractivity contribution in [2.75, 3.05) is 0 Å². The van der Waals surface area contributed by atoms with Crippen LogP contribution in [0, 0.1) is 0 Å². The van der Waals surface area contributed by atoms with Gasteiger partial charge in [-0.05, 0) is 34.7 Å². The van der Waals surface area contributed by atoms with Crippen LogP contribution in [-0.2, 0) is 12.3 Å². The fourth-order valence-corrected chi connectivity index (χ4v) is 6.19. The molecule has 0 heterocycles. The molecule has 0 bridgehead atoms. The monoisotopic (exact) mass is 302 g/mol. The number of halogens is 2. The molecule has 0 aliphatic heterocycles. The Balaban J connectivity index is 2.80. The molecule has 0 atom stereocenters. The number of aryl methyl sites for hydroxylation is 1. The van der Waals surface area contributed by atoms with Gasteiger partial charge in [-0.25, -0.2) is 0 Å². The maximum atomic E-state index is 6.96. The lowest BCUT2D eigenvalue weighted by atomic mass is 10.1. The molecular formula is C15H24Cl2Si. The van der Waals surface area contributed by atoms with Gasteiger partial charge >= 0.3 is 0 Å². The second-order valence-electron chi connectivity index (χ2n) is 5.64. The van der Waals surface area contributed by atoms with Crippen LogP contribution in [0.2, 0.25) is 17.1 Å². The first kappa shape index (κ1) is 16.1. The quantitative estimate of drug-likeness (QED) is 0.345. The molecule has 1 rings (SSSR count). The van der Waals surface area contributed by atoms with Crippen molar-refractivity contribution in [3.8, 4) is 0 Å². The summed E-state index contributed by atoms with van der Waals surface area (Å²) in [6.45, 7) is 9.08. The summed E-state index contributed by atoms with van der Waals surface area (Å²) in [7, 11) is -1.69. The van der Waals surface area contributed by atoms with Crippen LogP contribution in [0.25, 0.3) is 0 Å². The van der Waals surface area contributed by atoms with Crippen molar-refractivity contribution in [1.82, 2.24) is 0 Å². The van der Waals surface area contributed by atoms with Crippen molar-refractivity contribution in [2.45, 2.75) is 57.1 Å². The lowest BCUT2D eigenvalue weighted by Gasteiger charge is -2.32. The minimum Gasteiger partial charge on any atom is -0.166 e. The third-order valence-electron chi connectivity index (χ3n) is 3.96. The summed E-state index contributed by atoms with van der Waals surface area (Å²) in [4.78, 5) is 0. The number of alkyl halides is 1. The van der Waals surface area contributed by atoms with E-state index in [-0.39, 0.29) is 0 Å². The maximum Gasteiger partial charge on any atom is 0.161 e. The second kappa shape index (κ2) is 6.98. The van der Waals surface area contributed by atoms with Crippen molar-refractivity contribution in [3.05, 3.63) is 35.4 Å². The van der Waals surface area contributed by atoms with Crippen LogP contribution >= 0.6 is 22.7 Å². The lowest BCUT2D eigenvalue weighted by molar-refractivity contribution is 0.888. The van der Waals surface area contributed by atoms with Gasteiger partial charge in [-0.3, -0.25) is 0 Å². The first-order chi connectivity index (χ1) is 8.41. The fourth-order valence-electron chi connectivity index (χ4n) is 2.50. The zero-order valence-electron chi connectivity index (χ0n) is 11.8. The van der Waals surface area contributed by atoms with Gasteiger partial charge in [0.05, 0.1) is 0 Å². The van der Waals surface area contributed by atoms with Crippen molar-refractivity contribution >= 4 is 30.1 Å². The molecule has 0 spiro atoms. The van der Waals surface area contributed by atoms with Gasteiger partial charge in [-0.2, -0.15) is 11.1 Å². The van der Waals surface area contributed by atoms with Crippen LogP contribution < -0.4 is 0 Å². The highest BCUT2D eigenvalue weighted by molar-refractivity contribution is 7.21. The van der Waals surface area contributed by atoms with Gasteiger partial charge in [0, 0.05) is 5.88 Å². The Labute approximate surface area is 122 Å². The van der Waals surface area contributed by atoms with Crippen LogP contribution in [0.15, 0.2) is 24.3 Å². The number of rotatable bonds is 6. The summed E-state index contributed by atoms with van der Waals surface area (Å²) < 4.78 is 0. The minimum atomic E-state index is -1.69. The molecule has 0 amide bonds. The molecule has 0 N–H and O–H groups in total. The topological polar surface area (TPSA) is 0 Å². The van der Waals surface area contributed by atoms with Gasteiger partial charge in [0.1, 0.15) is 0 Å². The number of hydrogen-bond donors (Lipinski definition) is 0. The van der Waals surface area contributed by atoms with E-state index >= 15 is 0 Å². The average Bonchev–Trinajstić information content (AvgIpc) is 2.35. The predicted molar refractivity (Wildman–Crippen MR) is 86.3 cm³/mol. The van der Waals surface area contributed by atoms with E-state index in [1.165, 1.54) is 11.1 Å². The maximum absolute atomic E-state index is 6.96. The van der Waals surface area contributed by atoms with E-state index in [9.17, 15) is 0 Å². The number of benzene rings is 1. The number of hydrogen-bond acceptors (Lipinski definition) is 0. The molecule has 0 radical (unpaired) electrons. The summed E-state index contributed by atoms with van der Waals surface area (Å²) in [6.07, 6.45) is 1.06. The van der Waals surface area contributed by atoms with Gasteiger partial charge in [0.25, 0.3) is 0 Å². The van der Waals surface area contributed by atoms with Crippen molar-refractivity contribution in [3.63, 3.8) is 0 Å². The van der Waals surface area contributed by atoms with Crippen LogP contribution in [-0.4, -0.2) is 7.38 Å². The summed E-state index contributed by atoms with van der Waals surface area (Å²) in [6, 6.07) is 9.58. The summed E-state index contributed by atoms with van der Waals surface area (Å²) >= 11 is 12.9. The highest BCUT2D eigenvalue weighted by Crippen LogP contribution is 2.40. The zero-order chi connectivity index (χ0) is 13.8.